The Morgan fingerprint density at radius 2 is 1.31 bits per heavy atom. The van der Waals surface area contributed by atoms with Crippen LogP contribution in [0.25, 0.3) is 21.8 Å². The van der Waals surface area contributed by atoms with Crippen molar-refractivity contribution >= 4 is 62.6 Å². The van der Waals surface area contributed by atoms with E-state index in [9.17, 15) is 4.79 Å². The number of halogens is 3. The first-order valence-electron chi connectivity index (χ1n) is 7.69. The zero-order valence-electron chi connectivity index (χ0n) is 13.2. The van der Waals surface area contributed by atoms with E-state index in [2.05, 4.69) is 4.98 Å². The number of hydrogen-bond acceptors (Lipinski definition) is 3. The molecule has 0 N–H and O–H groups in total. The van der Waals surface area contributed by atoms with Gasteiger partial charge in [-0.2, -0.15) is 0 Å². The highest BCUT2D eigenvalue weighted by atomic mass is 35.5. The molecule has 1 aromatic heterocycles. The van der Waals surface area contributed by atoms with Crippen LogP contribution in [0.4, 0.5) is 0 Å². The first-order chi connectivity index (χ1) is 12.5. The molecule has 0 fully saturated rings. The van der Waals surface area contributed by atoms with Crippen molar-refractivity contribution in [2.24, 2.45) is 0 Å². The Balaban J connectivity index is 1.91. The molecule has 1 heterocycles. The predicted octanol–water partition coefficient (Wildman–Crippen LogP) is 6.57. The zero-order valence-corrected chi connectivity index (χ0v) is 15.4. The van der Waals surface area contributed by atoms with Crippen LogP contribution in [0, 0.1) is 0 Å². The molecule has 128 valence electrons. The summed E-state index contributed by atoms with van der Waals surface area (Å²) in [5.74, 6) is -0.487. The van der Waals surface area contributed by atoms with Gasteiger partial charge in [0.2, 0.25) is 0 Å². The van der Waals surface area contributed by atoms with E-state index in [0.717, 1.165) is 0 Å². The third-order valence-corrected chi connectivity index (χ3v) is 4.73. The summed E-state index contributed by atoms with van der Waals surface area (Å²) in [4.78, 5) is 17.6. The number of aromatic nitrogens is 1. The second-order valence-electron chi connectivity index (χ2n) is 5.61. The average molecular weight is 403 g/mol. The fraction of sp³-hybridized carbons (Fsp3) is 0. The van der Waals surface area contributed by atoms with Crippen LogP contribution in [-0.4, -0.2) is 11.0 Å². The maximum atomic E-state index is 13.0. The van der Waals surface area contributed by atoms with Crippen LogP contribution >= 0.6 is 34.8 Å². The summed E-state index contributed by atoms with van der Waals surface area (Å²) in [6, 6.07) is 17.7. The summed E-state index contributed by atoms with van der Waals surface area (Å²) in [5, 5.41) is 2.08. The number of nitrogens with zero attached hydrogens (tertiary/aromatic N) is 1. The van der Waals surface area contributed by atoms with Crippen molar-refractivity contribution in [1.29, 1.82) is 0 Å². The third-order valence-electron chi connectivity index (χ3n) is 3.95. The number of rotatable bonds is 2. The van der Waals surface area contributed by atoms with Gasteiger partial charge in [0.1, 0.15) is 0 Å². The number of ether oxygens (including phenoxy) is 1. The largest absolute Gasteiger partial charge is 0.420 e. The molecule has 3 aromatic carbocycles. The molecule has 0 aliphatic heterocycles. The van der Waals surface area contributed by atoms with E-state index >= 15 is 0 Å². The van der Waals surface area contributed by atoms with Crippen LogP contribution in [0.15, 0.2) is 60.7 Å². The van der Waals surface area contributed by atoms with Gasteiger partial charge in [-0.25, -0.2) is 9.78 Å². The van der Waals surface area contributed by atoms with Crippen LogP contribution in [0.3, 0.4) is 0 Å². The highest BCUT2D eigenvalue weighted by molar-refractivity contribution is 6.40. The third kappa shape index (κ3) is 2.99. The number of carbonyl (C=O) groups excluding carboxylic acids is 1. The summed E-state index contributed by atoms with van der Waals surface area (Å²) in [7, 11) is 0. The predicted molar refractivity (Wildman–Crippen MR) is 106 cm³/mol. The molecule has 0 aliphatic carbocycles. The maximum absolute atomic E-state index is 13.0. The Hall–Kier alpha value is -2.33. The highest BCUT2D eigenvalue weighted by Crippen LogP contribution is 2.37. The minimum atomic E-state index is -0.564. The second-order valence-corrected chi connectivity index (χ2v) is 6.86. The van der Waals surface area contributed by atoms with Gasteiger partial charge in [0, 0.05) is 15.8 Å². The lowest BCUT2D eigenvalue weighted by molar-refractivity contribution is 0.0739. The van der Waals surface area contributed by atoms with Gasteiger partial charge in [0.25, 0.3) is 0 Å². The monoisotopic (exact) mass is 401 g/mol. The number of para-hydroxylation sites is 2. The van der Waals surface area contributed by atoms with E-state index < -0.39 is 5.97 Å². The van der Waals surface area contributed by atoms with Crippen LogP contribution in [0.2, 0.25) is 15.1 Å². The van der Waals surface area contributed by atoms with Gasteiger partial charge >= 0.3 is 5.97 Å². The normalized spacial score (nSPS) is 11.0. The molecule has 0 saturated heterocycles. The molecule has 4 rings (SSSR count). The van der Waals surface area contributed by atoms with Crippen LogP contribution in [0.5, 0.6) is 5.75 Å². The molecule has 3 nitrogen and oxygen atoms in total. The Morgan fingerprint density at radius 1 is 0.808 bits per heavy atom. The fourth-order valence-electron chi connectivity index (χ4n) is 2.83. The lowest BCUT2D eigenvalue weighted by atomic mass is 10.0. The standard InChI is InChI=1S/C20H10Cl3NO2/c21-11-9-14(22)19(15(23)10-11)26-20(25)18-12-5-1-3-7-16(12)24-17-8-4-2-6-13(17)18/h1-10H. The Morgan fingerprint density at radius 3 is 1.85 bits per heavy atom. The number of benzene rings is 3. The van der Waals surface area contributed by atoms with E-state index in [-0.39, 0.29) is 15.8 Å². The molecule has 0 atom stereocenters. The lowest BCUT2D eigenvalue weighted by Crippen LogP contribution is -2.11. The smallest absolute Gasteiger partial charge is 0.345 e. The number of pyridine rings is 1. The molecule has 0 aliphatic rings. The molecular weight excluding hydrogens is 393 g/mol. The van der Waals surface area contributed by atoms with Crippen molar-refractivity contribution in [1.82, 2.24) is 4.98 Å². The first kappa shape index (κ1) is 17.1. The molecule has 0 unspecified atom stereocenters. The summed E-state index contributed by atoms with van der Waals surface area (Å²) in [6.07, 6.45) is 0. The van der Waals surface area contributed by atoms with Crippen LogP contribution < -0.4 is 4.74 Å². The quantitative estimate of drug-likeness (QED) is 0.216. The van der Waals surface area contributed by atoms with E-state index in [4.69, 9.17) is 39.5 Å². The van der Waals surface area contributed by atoms with Crippen LogP contribution in [-0.2, 0) is 0 Å². The molecule has 0 amide bonds. The number of fused-ring (bicyclic) bond motifs is 2. The molecule has 0 radical (unpaired) electrons. The maximum Gasteiger partial charge on any atom is 0.345 e. The molecule has 0 saturated carbocycles. The van der Waals surface area contributed by atoms with Gasteiger partial charge in [0.15, 0.2) is 5.75 Å². The molecule has 6 heteroatoms. The topological polar surface area (TPSA) is 39.2 Å². The van der Waals surface area contributed by atoms with E-state index in [0.29, 0.717) is 32.4 Å². The van der Waals surface area contributed by atoms with Crippen molar-refractivity contribution in [3.8, 4) is 5.75 Å². The molecular formula is C20H10Cl3NO2. The van der Waals surface area contributed by atoms with Gasteiger partial charge in [0.05, 0.1) is 26.6 Å². The van der Waals surface area contributed by atoms with Gasteiger partial charge in [-0.15, -0.1) is 0 Å². The van der Waals surface area contributed by atoms with Crippen LogP contribution in [0.1, 0.15) is 10.4 Å². The Bertz CT molecular complexity index is 1100. The van der Waals surface area contributed by atoms with E-state index in [1.807, 2.05) is 48.5 Å². The Labute approximate surface area is 164 Å². The zero-order chi connectivity index (χ0) is 18.3. The Kier molecular flexibility index (Phi) is 4.45. The molecule has 0 spiro atoms. The van der Waals surface area contributed by atoms with Gasteiger partial charge in [-0.3, -0.25) is 0 Å². The lowest BCUT2D eigenvalue weighted by Gasteiger charge is -2.12. The van der Waals surface area contributed by atoms with Gasteiger partial charge in [-0.1, -0.05) is 71.2 Å². The van der Waals surface area contributed by atoms with Crippen molar-refractivity contribution in [3.05, 3.63) is 81.3 Å². The van der Waals surface area contributed by atoms with Crippen molar-refractivity contribution in [3.63, 3.8) is 0 Å². The van der Waals surface area contributed by atoms with Gasteiger partial charge < -0.3 is 4.74 Å². The number of hydrogen-bond donors (Lipinski definition) is 0. The summed E-state index contributed by atoms with van der Waals surface area (Å²) in [6.45, 7) is 0. The minimum Gasteiger partial charge on any atom is -0.420 e. The van der Waals surface area contributed by atoms with Gasteiger partial charge in [-0.05, 0) is 24.3 Å². The fourth-order valence-corrected chi connectivity index (χ4v) is 3.72. The molecule has 0 bridgehead atoms. The first-order valence-corrected chi connectivity index (χ1v) is 8.82. The van der Waals surface area contributed by atoms with Crippen molar-refractivity contribution < 1.29 is 9.53 Å². The minimum absolute atomic E-state index is 0.0766. The molecule has 26 heavy (non-hydrogen) atoms. The summed E-state index contributed by atoms with van der Waals surface area (Å²) >= 11 is 18.2. The average Bonchev–Trinajstić information content (AvgIpc) is 2.62. The number of esters is 1. The second kappa shape index (κ2) is 6.76. The summed E-state index contributed by atoms with van der Waals surface area (Å²) in [5.41, 5.74) is 1.81. The van der Waals surface area contributed by atoms with Crippen molar-refractivity contribution in [2.75, 3.05) is 0 Å². The highest BCUT2D eigenvalue weighted by Gasteiger charge is 2.20. The molecule has 4 aromatic rings. The van der Waals surface area contributed by atoms with E-state index in [1.165, 1.54) is 12.1 Å². The number of carbonyl (C=O) groups is 1. The van der Waals surface area contributed by atoms with Crippen molar-refractivity contribution in [2.45, 2.75) is 0 Å². The summed E-state index contributed by atoms with van der Waals surface area (Å²) < 4.78 is 5.54. The van der Waals surface area contributed by atoms with E-state index in [1.54, 1.807) is 0 Å². The SMILES string of the molecule is O=C(Oc1c(Cl)cc(Cl)cc1Cl)c1c2ccccc2nc2ccccc12.